The molecule has 2 aliphatic heterocycles. The van der Waals surface area contributed by atoms with Crippen molar-refractivity contribution in [2.45, 2.75) is 160 Å². The lowest BCUT2D eigenvalue weighted by molar-refractivity contribution is -0.193. The van der Waals surface area contributed by atoms with E-state index in [1.54, 1.807) is 0 Å². The fourth-order valence-corrected chi connectivity index (χ4v) is 7.74. The summed E-state index contributed by atoms with van der Waals surface area (Å²) in [4.78, 5) is 38.5. The highest BCUT2D eigenvalue weighted by Gasteiger charge is 2.44. The third-order valence-corrected chi connectivity index (χ3v) is 10.7. The molecule has 1 saturated carbocycles. The van der Waals surface area contributed by atoms with Crippen molar-refractivity contribution < 1.29 is 43.2 Å². The Balaban J connectivity index is 1.34. The number of aliphatic hydroxyl groups is 1. The van der Waals surface area contributed by atoms with Crippen LogP contribution >= 0.6 is 0 Å². The second-order valence-corrected chi connectivity index (χ2v) is 15.1. The summed E-state index contributed by atoms with van der Waals surface area (Å²) < 4.78 is 29.8. The fourth-order valence-electron chi connectivity index (χ4n) is 7.74. The number of amides is 1. The van der Waals surface area contributed by atoms with E-state index in [9.17, 15) is 19.5 Å². The molecule has 52 heavy (non-hydrogen) atoms. The summed E-state index contributed by atoms with van der Waals surface area (Å²) in [5, 5.41) is 14.1. The van der Waals surface area contributed by atoms with Crippen LogP contribution in [0.1, 0.15) is 122 Å². The number of Topliss-reactive ketones (excluding diaryl/α,β-unsaturated/α-hetero) is 1. The first-order chi connectivity index (χ1) is 25.2. The lowest BCUT2D eigenvalue weighted by Crippen LogP contribution is -2.43. The van der Waals surface area contributed by atoms with E-state index in [4.69, 9.17) is 23.7 Å². The quantitative estimate of drug-likeness (QED) is 0.0737. The van der Waals surface area contributed by atoms with Crippen molar-refractivity contribution in [3.63, 3.8) is 0 Å². The van der Waals surface area contributed by atoms with E-state index in [0.29, 0.717) is 44.6 Å². The van der Waals surface area contributed by atoms with Gasteiger partial charge in [-0.25, -0.2) is 4.79 Å². The number of rotatable bonds is 22. The van der Waals surface area contributed by atoms with Crippen molar-refractivity contribution >= 4 is 17.7 Å². The fraction of sp³-hybridized carbons (Fsp3) is 0.738. The summed E-state index contributed by atoms with van der Waals surface area (Å²) in [7, 11) is 1.31. The van der Waals surface area contributed by atoms with Gasteiger partial charge in [-0.15, -0.1) is 0 Å². The Morgan fingerprint density at radius 1 is 0.981 bits per heavy atom. The molecule has 0 spiro atoms. The van der Waals surface area contributed by atoms with Gasteiger partial charge in [-0.05, 0) is 69.3 Å². The van der Waals surface area contributed by atoms with Gasteiger partial charge in [-0.2, -0.15) is 0 Å². The number of unbranched alkanes of at least 4 members (excludes halogenated alkanes) is 2. The topological polar surface area (TPSA) is 130 Å². The van der Waals surface area contributed by atoms with Gasteiger partial charge in [0.25, 0.3) is 0 Å². The van der Waals surface area contributed by atoms with E-state index in [0.717, 1.165) is 70.0 Å². The molecule has 2 N–H and O–H groups in total. The van der Waals surface area contributed by atoms with Crippen LogP contribution in [0.25, 0.3) is 0 Å². The van der Waals surface area contributed by atoms with E-state index in [1.165, 1.54) is 13.5 Å². The first kappa shape index (κ1) is 42.1. The second-order valence-electron chi connectivity index (χ2n) is 15.1. The average Bonchev–Trinajstić information content (AvgIpc) is 3.44. The molecule has 3 fully saturated rings. The summed E-state index contributed by atoms with van der Waals surface area (Å²) >= 11 is 0. The van der Waals surface area contributed by atoms with Crippen LogP contribution in [0.4, 0.5) is 0 Å². The molecular weight excluding hydrogens is 662 g/mol. The molecule has 2 heterocycles. The van der Waals surface area contributed by atoms with Crippen LogP contribution in [0.3, 0.4) is 0 Å². The van der Waals surface area contributed by atoms with E-state index in [2.05, 4.69) is 31.3 Å². The highest BCUT2D eigenvalue weighted by atomic mass is 16.7. The summed E-state index contributed by atoms with van der Waals surface area (Å²) in [6.07, 6.45) is 15.6. The van der Waals surface area contributed by atoms with Crippen LogP contribution in [0.15, 0.2) is 42.5 Å². The molecule has 2 saturated heterocycles. The molecule has 3 aliphatic rings. The molecule has 1 amide bonds. The minimum absolute atomic E-state index is 0.0607. The lowest BCUT2D eigenvalue weighted by Gasteiger charge is -2.30. The number of hydrogen-bond acceptors (Lipinski definition) is 9. The maximum absolute atomic E-state index is 13.4. The van der Waals surface area contributed by atoms with Crippen LogP contribution in [-0.2, 0) is 44.5 Å². The molecule has 10 nitrogen and oxygen atoms in total. The van der Waals surface area contributed by atoms with Crippen molar-refractivity contribution in [3.8, 4) is 0 Å². The van der Waals surface area contributed by atoms with Crippen LogP contribution in [-0.4, -0.2) is 80.0 Å². The van der Waals surface area contributed by atoms with Crippen LogP contribution in [0, 0.1) is 17.8 Å². The van der Waals surface area contributed by atoms with Gasteiger partial charge in [0.1, 0.15) is 11.8 Å². The Morgan fingerprint density at radius 2 is 1.69 bits per heavy atom. The molecule has 9 atom stereocenters. The first-order valence-electron chi connectivity index (χ1n) is 20.1. The smallest absolute Gasteiger partial charge is 0.328 e. The highest BCUT2D eigenvalue weighted by molar-refractivity contribution is 5.84. The Bertz CT molecular complexity index is 1210. The van der Waals surface area contributed by atoms with Gasteiger partial charge in [0.2, 0.25) is 5.91 Å². The largest absolute Gasteiger partial charge is 0.467 e. The van der Waals surface area contributed by atoms with Gasteiger partial charge in [-0.1, -0.05) is 75.6 Å². The summed E-state index contributed by atoms with van der Waals surface area (Å²) in [6.45, 7) is 5.88. The Morgan fingerprint density at radius 3 is 2.37 bits per heavy atom. The van der Waals surface area contributed by atoms with Crippen LogP contribution in [0.5, 0.6) is 0 Å². The molecule has 0 aromatic heterocycles. The molecule has 1 aliphatic carbocycles. The highest BCUT2D eigenvalue weighted by Crippen LogP contribution is 2.40. The molecule has 0 bridgehead atoms. The predicted octanol–water partition coefficient (Wildman–Crippen LogP) is 7.00. The Hall–Kier alpha value is -2.63. The van der Waals surface area contributed by atoms with E-state index < -0.39 is 18.1 Å². The Labute approximate surface area is 311 Å². The number of ether oxygens (including phenoxy) is 5. The molecule has 2 unspecified atom stereocenters. The predicted molar refractivity (Wildman–Crippen MR) is 199 cm³/mol. The first-order valence-corrected chi connectivity index (χ1v) is 20.1. The number of hydrogen-bond donors (Lipinski definition) is 2. The monoisotopic (exact) mass is 727 g/mol. The number of esters is 1. The molecule has 0 radical (unpaired) electrons. The van der Waals surface area contributed by atoms with Crippen molar-refractivity contribution in [2.75, 3.05) is 20.3 Å². The zero-order chi connectivity index (χ0) is 37.1. The number of benzene rings is 1. The molecule has 292 valence electrons. The average molecular weight is 728 g/mol. The number of methoxy groups -OCH3 is 1. The van der Waals surface area contributed by atoms with Gasteiger partial charge in [0.15, 0.2) is 12.6 Å². The molecule has 10 heteroatoms. The van der Waals surface area contributed by atoms with Gasteiger partial charge in [-0.3, -0.25) is 9.59 Å². The van der Waals surface area contributed by atoms with Gasteiger partial charge < -0.3 is 34.1 Å². The molecule has 1 aromatic carbocycles. The third-order valence-electron chi connectivity index (χ3n) is 10.7. The normalized spacial score (nSPS) is 26.8. The number of nitrogens with one attached hydrogen (secondary N) is 1. The summed E-state index contributed by atoms with van der Waals surface area (Å²) in [5.74, 6) is -0.646. The maximum Gasteiger partial charge on any atom is 0.328 e. The number of aliphatic hydroxyl groups excluding tert-OH is 1. The standard InChI is InChI=1S/C42H65NO9/c1-4-5-15-30(2)26-33(51-40-20-11-13-24-49-40)22-23-34-35(37(45)29-38(34)52-41-21-12-14-25-50-41)28-32(44)18-9-10-19-39(46)43-36(42(47)48-3)27-31-16-7-6-8-17-31/h6-8,16-17,22-23,30,33-38,40-41,45H,4-5,9-15,18-21,24-29H2,1-3H3,(H,43,46)/b23-22+/t30-,33-,34+,35+,36-,37-,38+,40?,41?/m0/s1. The third kappa shape index (κ3) is 14.7. The number of ketones is 1. The summed E-state index contributed by atoms with van der Waals surface area (Å²) in [5.41, 5.74) is 0.924. The van der Waals surface area contributed by atoms with E-state index >= 15 is 0 Å². The second kappa shape index (κ2) is 23.2. The zero-order valence-corrected chi connectivity index (χ0v) is 31.9. The van der Waals surface area contributed by atoms with Gasteiger partial charge in [0, 0.05) is 57.2 Å². The lowest BCUT2D eigenvalue weighted by atomic mass is 9.87. The SMILES string of the molecule is CCCC[C@H](C)C[C@H](/C=C/[C@@H]1[C@@H](CC(=O)CCCCC(=O)N[C@@H](Cc2ccccc2)C(=O)OC)[C@@H](O)C[C@H]1OC1CCCCO1)OC1CCCCO1. The minimum Gasteiger partial charge on any atom is -0.467 e. The van der Waals surface area contributed by atoms with Crippen molar-refractivity contribution in [1.29, 1.82) is 0 Å². The van der Waals surface area contributed by atoms with Gasteiger partial charge >= 0.3 is 5.97 Å². The molecular formula is C42H65NO9. The summed E-state index contributed by atoms with van der Waals surface area (Å²) in [6, 6.07) is 8.71. The van der Waals surface area contributed by atoms with Crippen LogP contribution < -0.4 is 5.32 Å². The van der Waals surface area contributed by atoms with E-state index in [-0.39, 0.29) is 61.2 Å². The van der Waals surface area contributed by atoms with Gasteiger partial charge in [0.05, 0.1) is 25.4 Å². The van der Waals surface area contributed by atoms with Crippen LogP contribution in [0.2, 0.25) is 0 Å². The maximum atomic E-state index is 13.4. The zero-order valence-electron chi connectivity index (χ0n) is 31.9. The van der Waals surface area contributed by atoms with E-state index in [1.807, 2.05) is 30.3 Å². The molecule has 4 rings (SSSR count). The molecule has 1 aromatic rings. The Kier molecular flexibility index (Phi) is 18.8. The van der Waals surface area contributed by atoms with Crippen molar-refractivity contribution in [2.24, 2.45) is 17.8 Å². The number of carbonyl (C=O) groups excluding carboxylic acids is 3. The van der Waals surface area contributed by atoms with Crippen molar-refractivity contribution in [1.82, 2.24) is 5.32 Å². The number of carbonyl (C=O) groups is 3. The van der Waals surface area contributed by atoms with Crippen molar-refractivity contribution in [3.05, 3.63) is 48.0 Å². The minimum atomic E-state index is -0.774.